The molecule has 3 rings (SSSR count). The second-order valence-electron chi connectivity index (χ2n) is 6.34. The predicted molar refractivity (Wildman–Crippen MR) is 126 cm³/mol. The van der Waals surface area contributed by atoms with Gasteiger partial charge in [0.2, 0.25) is 0 Å². The van der Waals surface area contributed by atoms with Crippen molar-refractivity contribution in [2.24, 2.45) is 5.10 Å². The van der Waals surface area contributed by atoms with E-state index in [0.717, 1.165) is 0 Å². The molecule has 0 aliphatic carbocycles. The molecular weight excluding hydrogens is 520 g/mol. The second-order valence-corrected chi connectivity index (χ2v) is 9.35. The highest BCUT2D eigenvalue weighted by molar-refractivity contribution is 9.10. The van der Waals surface area contributed by atoms with Gasteiger partial charge in [0.1, 0.15) is 11.5 Å². The van der Waals surface area contributed by atoms with Crippen molar-refractivity contribution in [2.75, 3.05) is 6.61 Å². The van der Waals surface area contributed by atoms with Crippen LogP contribution in [-0.2, 0) is 10.0 Å². The number of nitrogens with one attached hydrogen (secondary N) is 1. The number of hydrazone groups is 1. The topological polar surface area (TPSA) is 94.1 Å². The van der Waals surface area contributed by atoms with Gasteiger partial charge in [0.05, 0.1) is 23.3 Å². The lowest BCUT2D eigenvalue weighted by Crippen LogP contribution is -2.18. The zero-order valence-corrected chi connectivity index (χ0v) is 19.9. The first kappa shape index (κ1) is 23.8. The van der Waals surface area contributed by atoms with E-state index in [1.807, 2.05) is 6.92 Å². The van der Waals surface area contributed by atoms with Crippen molar-refractivity contribution in [2.45, 2.75) is 11.8 Å². The van der Waals surface area contributed by atoms with Gasteiger partial charge < -0.3 is 9.47 Å². The summed E-state index contributed by atoms with van der Waals surface area (Å²) in [5, 5.41) is 4.22. The van der Waals surface area contributed by atoms with Crippen LogP contribution in [0.4, 0.5) is 0 Å². The lowest BCUT2D eigenvalue weighted by molar-refractivity contribution is 0.0734. The molecule has 0 heterocycles. The van der Waals surface area contributed by atoms with Gasteiger partial charge in [0.25, 0.3) is 10.0 Å². The number of hydrogen-bond acceptors (Lipinski definition) is 6. The highest BCUT2D eigenvalue weighted by Crippen LogP contribution is 2.23. The van der Waals surface area contributed by atoms with Gasteiger partial charge in [0, 0.05) is 15.1 Å². The van der Waals surface area contributed by atoms with Gasteiger partial charge in [0.15, 0.2) is 0 Å². The molecule has 0 saturated heterocycles. The van der Waals surface area contributed by atoms with Gasteiger partial charge >= 0.3 is 5.97 Å². The summed E-state index contributed by atoms with van der Waals surface area (Å²) in [6, 6.07) is 17.1. The molecule has 1 N–H and O–H groups in total. The molecule has 0 aliphatic rings. The number of hydrogen-bond donors (Lipinski definition) is 1. The van der Waals surface area contributed by atoms with E-state index in [0.29, 0.717) is 33.0 Å². The van der Waals surface area contributed by atoms with Crippen molar-refractivity contribution in [1.29, 1.82) is 0 Å². The molecule has 0 aromatic heterocycles. The van der Waals surface area contributed by atoms with E-state index in [-0.39, 0.29) is 10.6 Å². The molecule has 0 fully saturated rings. The molecule has 7 nitrogen and oxygen atoms in total. The van der Waals surface area contributed by atoms with Crippen molar-refractivity contribution < 1.29 is 22.7 Å². The molecule has 3 aromatic rings. The van der Waals surface area contributed by atoms with E-state index in [4.69, 9.17) is 21.1 Å². The quantitative estimate of drug-likeness (QED) is 0.188. The SMILES string of the molecule is CCOc1ccc(C(=O)Oc2ccc(Br)cc2/C=N/NS(=O)(=O)c2ccc(Cl)cc2)cc1. The minimum Gasteiger partial charge on any atom is -0.494 e. The molecule has 0 bridgehead atoms. The van der Waals surface area contributed by atoms with Crippen molar-refractivity contribution in [1.82, 2.24) is 4.83 Å². The molecule has 0 saturated carbocycles. The molecule has 0 spiro atoms. The fourth-order valence-electron chi connectivity index (χ4n) is 2.56. The van der Waals surface area contributed by atoms with E-state index >= 15 is 0 Å². The van der Waals surface area contributed by atoms with Crippen LogP contribution in [0.1, 0.15) is 22.8 Å². The number of esters is 1. The Hall–Kier alpha value is -2.88. The lowest BCUT2D eigenvalue weighted by atomic mass is 10.2. The maximum atomic E-state index is 12.5. The van der Waals surface area contributed by atoms with Crippen LogP contribution in [-0.4, -0.2) is 27.2 Å². The van der Waals surface area contributed by atoms with E-state index < -0.39 is 16.0 Å². The van der Waals surface area contributed by atoms with Gasteiger partial charge in [-0.3, -0.25) is 0 Å². The average Bonchev–Trinajstić information content (AvgIpc) is 2.76. The van der Waals surface area contributed by atoms with Gasteiger partial charge in [-0.1, -0.05) is 27.5 Å². The van der Waals surface area contributed by atoms with E-state index in [2.05, 4.69) is 25.9 Å². The Labute approximate surface area is 199 Å². The molecule has 32 heavy (non-hydrogen) atoms. The van der Waals surface area contributed by atoms with Crippen LogP contribution in [0.25, 0.3) is 0 Å². The van der Waals surface area contributed by atoms with Crippen molar-refractivity contribution in [3.8, 4) is 11.5 Å². The van der Waals surface area contributed by atoms with E-state index in [1.165, 1.54) is 30.5 Å². The van der Waals surface area contributed by atoms with Crippen molar-refractivity contribution >= 4 is 49.7 Å². The van der Waals surface area contributed by atoms with Crippen LogP contribution in [0, 0.1) is 0 Å². The third kappa shape index (κ3) is 6.32. The first-order valence-corrected chi connectivity index (χ1v) is 12.0. The highest BCUT2D eigenvalue weighted by atomic mass is 79.9. The molecule has 0 atom stereocenters. The van der Waals surface area contributed by atoms with Gasteiger partial charge in [-0.2, -0.15) is 13.5 Å². The highest BCUT2D eigenvalue weighted by Gasteiger charge is 2.14. The number of benzene rings is 3. The summed E-state index contributed by atoms with van der Waals surface area (Å²) in [6.45, 7) is 2.39. The molecule has 166 valence electrons. The van der Waals surface area contributed by atoms with Crippen LogP contribution >= 0.6 is 27.5 Å². The number of nitrogens with zero attached hydrogens (tertiary/aromatic N) is 1. The summed E-state index contributed by atoms with van der Waals surface area (Å²) in [4.78, 5) is 14.7. The molecular formula is C22H18BrClN2O5S. The molecule has 0 unspecified atom stereocenters. The van der Waals surface area contributed by atoms with E-state index in [1.54, 1.807) is 42.5 Å². The minimum atomic E-state index is -3.88. The average molecular weight is 538 g/mol. The summed E-state index contributed by atoms with van der Waals surface area (Å²) < 4.78 is 36.2. The lowest BCUT2D eigenvalue weighted by Gasteiger charge is -2.09. The summed E-state index contributed by atoms with van der Waals surface area (Å²) in [5.74, 6) is 0.279. The van der Waals surface area contributed by atoms with Gasteiger partial charge in [-0.25, -0.2) is 9.63 Å². The molecule has 0 aliphatic heterocycles. The number of carbonyl (C=O) groups excluding carboxylic acids is 1. The molecule has 10 heteroatoms. The van der Waals surface area contributed by atoms with Crippen LogP contribution in [0.2, 0.25) is 5.02 Å². The Bertz CT molecular complexity index is 1230. The molecule has 3 aromatic carbocycles. The second kappa shape index (κ2) is 10.6. The summed E-state index contributed by atoms with van der Waals surface area (Å²) in [5.41, 5.74) is 0.722. The third-order valence-corrected chi connectivity index (χ3v) is 6.06. The smallest absolute Gasteiger partial charge is 0.343 e. The number of sulfonamides is 1. The number of halogens is 2. The fourth-order valence-corrected chi connectivity index (χ4v) is 3.85. The van der Waals surface area contributed by atoms with Crippen molar-refractivity contribution in [3.05, 3.63) is 87.4 Å². The number of ether oxygens (including phenoxy) is 2. The van der Waals surface area contributed by atoms with Crippen LogP contribution in [0.15, 0.2) is 81.2 Å². The predicted octanol–water partition coefficient (Wildman–Crippen LogP) is 5.03. The van der Waals surface area contributed by atoms with E-state index in [9.17, 15) is 13.2 Å². The normalized spacial score (nSPS) is 11.3. The zero-order valence-electron chi connectivity index (χ0n) is 16.8. The zero-order chi connectivity index (χ0) is 23.1. The largest absolute Gasteiger partial charge is 0.494 e. The first-order chi connectivity index (χ1) is 15.3. The summed E-state index contributed by atoms with van der Waals surface area (Å²) in [7, 11) is -3.88. The van der Waals surface area contributed by atoms with Gasteiger partial charge in [-0.05, 0) is 73.7 Å². The fraction of sp³-hybridized carbons (Fsp3) is 0.0909. The first-order valence-electron chi connectivity index (χ1n) is 9.33. The monoisotopic (exact) mass is 536 g/mol. The van der Waals surface area contributed by atoms with Crippen LogP contribution < -0.4 is 14.3 Å². The standard InChI is InChI=1S/C22H18BrClN2O5S/c1-2-30-19-8-3-15(4-9-19)22(27)31-21-12-5-17(23)13-16(21)14-25-26-32(28,29)20-10-6-18(24)7-11-20/h3-14,26H,2H2,1H3/b25-14+. The number of rotatable bonds is 8. The van der Waals surface area contributed by atoms with Gasteiger partial charge in [-0.15, -0.1) is 0 Å². The maximum Gasteiger partial charge on any atom is 0.343 e. The molecule has 0 amide bonds. The third-order valence-electron chi connectivity index (χ3n) is 4.08. The Morgan fingerprint density at radius 1 is 1.09 bits per heavy atom. The minimum absolute atomic E-state index is 0.00967. The number of carbonyl (C=O) groups is 1. The Kier molecular flexibility index (Phi) is 7.89. The summed E-state index contributed by atoms with van der Waals surface area (Å²) >= 11 is 9.13. The van der Waals surface area contributed by atoms with Crippen molar-refractivity contribution in [3.63, 3.8) is 0 Å². The Morgan fingerprint density at radius 2 is 1.78 bits per heavy atom. The van der Waals surface area contributed by atoms with Crippen LogP contribution in [0.3, 0.4) is 0 Å². The maximum absolute atomic E-state index is 12.5. The molecule has 0 radical (unpaired) electrons. The summed E-state index contributed by atoms with van der Waals surface area (Å²) in [6.07, 6.45) is 1.25. The Balaban J connectivity index is 1.75. The Morgan fingerprint density at radius 3 is 2.44 bits per heavy atom. The van der Waals surface area contributed by atoms with Crippen LogP contribution in [0.5, 0.6) is 11.5 Å².